The van der Waals surface area contributed by atoms with Crippen molar-refractivity contribution in [2.75, 3.05) is 38.2 Å². The number of aliphatic imine (C=N–C) groups is 1. The lowest BCUT2D eigenvalue weighted by Gasteiger charge is -2.35. The number of methoxy groups -OCH3 is 1. The Bertz CT molecular complexity index is 778. The highest BCUT2D eigenvalue weighted by molar-refractivity contribution is 14.0. The van der Waals surface area contributed by atoms with Gasteiger partial charge in [-0.1, -0.05) is 12.1 Å². The third-order valence-electron chi connectivity index (χ3n) is 4.21. The van der Waals surface area contributed by atoms with Crippen LogP contribution in [0.5, 0.6) is 0 Å². The van der Waals surface area contributed by atoms with Crippen LogP contribution in [-0.4, -0.2) is 60.1 Å². The van der Waals surface area contributed by atoms with Gasteiger partial charge in [0.1, 0.15) is 0 Å². The van der Waals surface area contributed by atoms with Crippen molar-refractivity contribution in [3.8, 4) is 0 Å². The fraction of sp³-hybridized carbons (Fsp3) is 0.333. The molecule has 2 aromatic rings. The summed E-state index contributed by atoms with van der Waals surface area (Å²) in [6.45, 7) is 3.51. The summed E-state index contributed by atoms with van der Waals surface area (Å²) >= 11 is 0. The minimum Gasteiger partial charge on any atom is -0.465 e. The largest absolute Gasteiger partial charge is 0.465 e. The first kappa shape index (κ1) is 20.9. The zero-order chi connectivity index (χ0) is 18.4. The number of guanidine groups is 1. The van der Waals surface area contributed by atoms with Crippen molar-refractivity contribution in [3.63, 3.8) is 0 Å². The SMILES string of the molecule is COC(=O)c1cccc(CN=C(N)N2CCN(c3ncccn3)CC2)c1.I. The molecule has 0 saturated carbocycles. The van der Waals surface area contributed by atoms with Gasteiger partial charge in [0, 0.05) is 38.6 Å². The third kappa shape index (κ3) is 5.52. The second-order valence-corrected chi connectivity index (χ2v) is 5.89. The molecule has 2 heterocycles. The molecule has 0 atom stereocenters. The second-order valence-electron chi connectivity index (χ2n) is 5.89. The summed E-state index contributed by atoms with van der Waals surface area (Å²) in [5, 5.41) is 0. The molecule has 1 aromatic heterocycles. The Morgan fingerprint density at radius 1 is 1.19 bits per heavy atom. The molecule has 0 amide bonds. The number of anilines is 1. The van der Waals surface area contributed by atoms with Crippen molar-refractivity contribution >= 4 is 41.9 Å². The fourth-order valence-electron chi connectivity index (χ4n) is 2.78. The van der Waals surface area contributed by atoms with Gasteiger partial charge in [-0.3, -0.25) is 0 Å². The molecule has 1 saturated heterocycles. The predicted molar refractivity (Wildman–Crippen MR) is 114 cm³/mol. The molecule has 0 unspecified atom stereocenters. The molecule has 0 bridgehead atoms. The van der Waals surface area contributed by atoms with Crippen LogP contribution in [0.1, 0.15) is 15.9 Å². The number of ether oxygens (including phenoxy) is 1. The Labute approximate surface area is 175 Å². The molecule has 1 aromatic carbocycles. The Kier molecular flexibility index (Phi) is 7.77. The van der Waals surface area contributed by atoms with Crippen molar-refractivity contribution < 1.29 is 9.53 Å². The molecule has 8 nitrogen and oxygen atoms in total. The summed E-state index contributed by atoms with van der Waals surface area (Å²) < 4.78 is 4.74. The van der Waals surface area contributed by atoms with E-state index in [2.05, 4.69) is 19.9 Å². The van der Waals surface area contributed by atoms with Gasteiger partial charge in [-0.25, -0.2) is 19.8 Å². The van der Waals surface area contributed by atoms with Gasteiger partial charge >= 0.3 is 5.97 Å². The highest BCUT2D eigenvalue weighted by atomic mass is 127. The number of benzene rings is 1. The van der Waals surface area contributed by atoms with Crippen LogP contribution in [0.15, 0.2) is 47.7 Å². The Hall–Kier alpha value is -2.43. The highest BCUT2D eigenvalue weighted by Gasteiger charge is 2.19. The van der Waals surface area contributed by atoms with E-state index in [1.54, 1.807) is 30.6 Å². The van der Waals surface area contributed by atoms with Crippen LogP contribution in [0.25, 0.3) is 0 Å². The number of piperazine rings is 1. The van der Waals surface area contributed by atoms with E-state index in [1.165, 1.54) is 7.11 Å². The maximum atomic E-state index is 11.6. The summed E-state index contributed by atoms with van der Waals surface area (Å²) in [4.78, 5) is 28.8. The molecule has 3 rings (SSSR count). The number of nitrogens with zero attached hydrogens (tertiary/aromatic N) is 5. The number of nitrogens with two attached hydrogens (primary N) is 1. The van der Waals surface area contributed by atoms with E-state index < -0.39 is 0 Å². The van der Waals surface area contributed by atoms with E-state index in [0.717, 1.165) is 37.7 Å². The molecule has 0 radical (unpaired) electrons. The number of esters is 1. The molecule has 144 valence electrons. The van der Waals surface area contributed by atoms with Crippen molar-refractivity contribution in [1.29, 1.82) is 0 Å². The van der Waals surface area contributed by atoms with Crippen LogP contribution in [0, 0.1) is 0 Å². The highest BCUT2D eigenvalue weighted by Crippen LogP contribution is 2.11. The van der Waals surface area contributed by atoms with E-state index >= 15 is 0 Å². The van der Waals surface area contributed by atoms with Gasteiger partial charge in [-0.05, 0) is 23.8 Å². The third-order valence-corrected chi connectivity index (χ3v) is 4.21. The summed E-state index contributed by atoms with van der Waals surface area (Å²) in [6.07, 6.45) is 3.49. The fourth-order valence-corrected chi connectivity index (χ4v) is 2.78. The van der Waals surface area contributed by atoms with Crippen molar-refractivity contribution in [1.82, 2.24) is 14.9 Å². The number of hydrogen-bond donors (Lipinski definition) is 1. The first-order chi connectivity index (χ1) is 12.7. The van der Waals surface area contributed by atoms with Gasteiger partial charge < -0.3 is 20.3 Å². The molecular weight excluding hydrogens is 459 g/mol. The summed E-state index contributed by atoms with van der Waals surface area (Å²) in [5.41, 5.74) is 7.56. The van der Waals surface area contributed by atoms with E-state index in [0.29, 0.717) is 18.1 Å². The van der Waals surface area contributed by atoms with Crippen LogP contribution in [0.2, 0.25) is 0 Å². The van der Waals surface area contributed by atoms with Crippen LogP contribution in [0.4, 0.5) is 5.95 Å². The Morgan fingerprint density at radius 3 is 2.56 bits per heavy atom. The van der Waals surface area contributed by atoms with Gasteiger partial charge in [0.25, 0.3) is 0 Å². The van der Waals surface area contributed by atoms with Gasteiger partial charge in [0.2, 0.25) is 5.95 Å². The van der Waals surface area contributed by atoms with Gasteiger partial charge in [0.15, 0.2) is 5.96 Å². The molecule has 27 heavy (non-hydrogen) atoms. The van der Waals surface area contributed by atoms with Gasteiger partial charge in [-0.15, -0.1) is 24.0 Å². The monoisotopic (exact) mass is 482 g/mol. The average Bonchev–Trinajstić information content (AvgIpc) is 2.72. The summed E-state index contributed by atoms with van der Waals surface area (Å²) in [7, 11) is 1.37. The van der Waals surface area contributed by atoms with Crippen LogP contribution < -0.4 is 10.6 Å². The van der Waals surface area contributed by atoms with E-state index in [4.69, 9.17) is 10.5 Å². The van der Waals surface area contributed by atoms with Crippen LogP contribution in [-0.2, 0) is 11.3 Å². The number of halogens is 1. The summed E-state index contributed by atoms with van der Waals surface area (Å²) in [6, 6.07) is 9.01. The Morgan fingerprint density at radius 2 is 1.89 bits per heavy atom. The van der Waals surface area contributed by atoms with Crippen molar-refractivity contribution in [2.45, 2.75) is 6.54 Å². The maximum absolute atomic E-state index is 11.6. The lowest BCUT2D eigenvalue weighted by atomic mass is 10.1. The zero-order valence-electron chi connectivity index (χ0n) is 15.1. The normalized spacial score (nSPS) is 14.5. The second kappa shape index (κ2) is 10.0. The standard InChI is InChI=1S/C18H22N6O2.HI/c1-26-16(25)15-5-2-4-14(12-15)13-22-17(19)23-8-10-24(11-9-23)18-20-6-3-7-21-18;/h2-7,12H,8-11,13H2,1H3,(H2,19,22);1H. The van der Waals surface area contributed by atoms with Gasteiger partial charge in [-0.2, -0.15) is 0 Å². The number of carbonyl (C=O) groups excluding carboxylic acids is 1. The van der Waals surface area contributed by atoms with Crippen LogP contribution in [0.3, 0.4) is 0 Å². The van der Waals surface area contributed by atoms with E-state index in [-0.39, 0.29) is 29.9 Å². The first-order valence-electron chi connectivity index (χ1n) is 8.41. The number of aromatic nitrogens is 2. The quantitative estimate of drug-likeness (QED) is 0.306. The smallest absolute Gasteiger partial charge is 0.337 e. The van der Waals surface area contributed by atoms with Crippen LogP contribution >= 0.6 is 24.0 Å². The molecule has 0 spiro atoms. The topological polar surface area (TPSA) is 96.9 Å². The van der Waals surface area contributed by atoms with E-state index in [1.807, 2.05) is 17.0 Å². The number of carbonyl (C=O) groups is 1. The van der Waals surface area contributed by atoms with Gasteiger partial charge in [0.05, 0.1) is 19.2 Å². The maximum Gasteiger partial charge on any atom is 0.337 e. The average molecular weight is 482 g/mol. The number of hydrogen-bond acceptors (Lipinski definition) is 6. The lowest BCUT2D eigenvalue weighted by Crippen LogP contribution is -2.51. The minimum absolute atomic E-state index is 0. The molecule has 9 heteroatoms. The first-order valence-corrected chi connectivity index (χ1v) is 8.41. The molecule has 1 aliphatic heterocycles. The summed E-state index contributed by atoms with van der Waals surface area (Å²) in [5.74, 6) is 0.882. The number of rotatable bonds is 4. The van der Waals surface area contributed by atoms with E-state index in [9.17, 15) is 4.79 Å². The zero-order valence-corrected chi connectivity index (χ0v) is 17.4. The van der Waals surface area contributed by atoms with Crippen molar-refractivity contribution in [3.05, 3.63) is 53.9 Å². The molecule has 0 aliphatic carbocycles. The van der Waals surface area contributed by atoms with Crippen molar-refractivity contribution in [2.24, 2.45) is 10.7 Å². The lowest BCUT2D eigenvalue weighted by molar-refractivity contribution is 0.0600. The Balaban J connectivity index is 0.00000261. The minimum atomic E-state index is -0.358. The molecule has 1 fully saturated rings. The molecule has 1 aliphatic rings. The molecule has 2 N–H and O–H groups in total. The predicted octanol–water partition coefficient (Wildman–Crippen LogP) is 1.52. The molecular formula is C18H23IN6O2.